The van der Waals surface area contributed by atoms with Gasteiger partial charge in [-0.1, -0.05) is 17.7 Å². The minimum atomic E-state index is -0.00624. The molecule has 0 aliphatic rings. The van der Waals surface area contributed by atoms with Crippen LogP contribution in [0.1, 0.15) is 31.6 Å². The number of nitrogens with one attached hydrogen (secondary N) is 1. The van der Waals surface area contributed by atoms with Crippen LogP contribution in [0.2, 0.25) is 5.02 Å². The third-order valence-corrected chi connectivity index (χ3v) is 4.95. The van der Waals surface area contributed by atoms with Crippen LogP contribution in [-0.4, -0.2) is 15.5 Å². The van der Waals surface area contributed by atoms with Gasteiger partial charge in [0.25, 0.3) is 0 Å². The number of halogens is 2. The summed E-state index contributed by atoms with van der Waals surface area (Å²) in [5.41, 5.74) is 3.94. The summed E-state index contributed by atoms with van der Waals surface area (Å²) in [4.78, 5) is 1.12. The van der Waals surface area contributed by atoms with Gasteiger partial charge in [0.15, 0.2) is 0 Å². The van der Waals surface area contributed by atoms with Gasteiger partial charge in [-0.25, -0.2) is 0 Å². The highest BCUT2D eigenvalue weighted by Crippen LogP contribution is 2.30. The van der Waals surface area contributed by atoms with Gasteiger partial charge >= 0.3 is 0 Å². The molecule has 0 aliphatic carbocycles. The lowest BCUT2D eigenvalue weighted by Crippen LogP contribution is -2.32. The first-order chi connectivity index (χ1) is 10.0. The van der Waals surface area contributed by atoms with Crippen molar-refractivity contribution < 1.29 is 0 Å². The fourth-order valence-electron chi connectivity index (χ4n) is 2.03. The Morgan fingerprint density at radius 3 is 2.86 bits per heavy atom. The lowest BCUT2D eigenvalue weighted by molar-refractivity contribution is 0.467. The number of thioether (sulfide) groups is 1. The van der Waals surface area contributed by atoms with Crippen LogP contribution in [-0.2, 0) is 0 Å². The zero-order valence-corrected chi connectivity index (χ0v) is 15.0. The largest absolute Gasteiger partial charge is 0.271 e. The van der Waals surface area contributed by atoms with E-state index in [9.17, 15) is 0 Å². The highest BCUT2D eigenvalue weighted by molar-refractivity contribution is 9.10. The molecule has 0 amide bonds. The molecule has 3 N–H and O–H groups in total. The van der Waals surface area contributed by atoms with Crippen molar-refractivity contribution in [2.75, 3.05) is 5.75 Å². The molecular weight excluding hydrogens is 372 g/mol. The molecule has 2 aromatic rings. The summed E-state index contributed by atoms with van der Waals surface area (Å²) >= 11 is 11.3. The highest BCUT2D eigenvalue weighted by atomic mass is 79.9. The van der Waals surface area contributed by atoms with Crippen LogP contribution in [0.3, 0.4) is 0 Å². The molecule has 0 spiro atoms. The first kappa shape index (κ1) is 16.8. The van der Waals surface area contributed by atoms with E-state index in [1.54, 1.807) is 11.8 Å². The predicted octanol–water partition coefficient (Wildman–Crippen LogP) is 4.18. The van der Waals surface area contributed by atoms with Crippen LogP contribution >= 0.6 is 39.3 Å². The minimum absolute atomic E-state index is 0.00624. The normalized spacial score (nSPS) is 12.9. The number of nitrogens with zero attached hydrogens (tertiary/aromatic N) is 2. The Balaban J connectivity index is 2.15. The van der Waals surface area contributed by atoms with E-state index < -0.39 is 0 Å². The minimum Gasteiger partial charge on any atom is -0.271 e. The maximum Gasteiger partial charge on any atom is 0.0734 e. The van der Waals surface area contributed by atoms with Gasteiger partial charge in [-0.05, 0) is 48.0 Å². The van der Waals surface area contributed by atoms with Crippen LogP contribution in [0.15, 0.2) is 39.8 Å². The van der Waals surface area contributed by atoms with Gasteiger partial charge in [-0.15, -0.1) is 11.8 Å². The smallest absolute Gasteiger partial charge is 0.0734 e. The van der Waals surface area contributed by atoms with E-state index in [1.165, 1.54) is 0 Å². The number of aromatic nitrogens is 2. The molecule has 4 nitrogen and oxygen atoms in total. The molecule has 1 aromatic carbocycles. The molecule has 0 fully saturated rings. The third-order valence-electron chi connectivity index (χ3n) is 3.02. The van der Waals surface area contributed by atoms with Gasteiger partial charge in [0.2, 0.25) is 0 Å². The average molecular weight is 390 g/mol. The Bertz CT molecular complexity index is 602. The SMILES string of the molecule is CC(C)n1ncc(Br)c1C(CSc1cccc(Cl)c1)NN. The molecule has 1 aromatic heterocycles. The summed E-state index contributed by atoms with van der Waals surface area (Å²) in [6.07, 6.45) is 1.81. The monoisotopic (exact) mass is 388 g/mol. The fraction of sp³-hybridized carbons (Fsp3) is 0.357. The second-order valence-electron chi connectivity index (χ2n) is 4.90. The number of hydrogen-bond donors (Lipinski definition) is 2. The van der Waals surface area contributed by atoms with E-state index in [-0.39, 0.29) is 12.1 Å². The number of rotatable bonds is 6. The van der Waals surface area contributed by atoms with Crippen molar-refractivity contribution in [1.82, 2.24) is 15.2 Å². The lowest BCUT2D eigenvalue weighted by atomic mass is 10.2. The Morgan fingerprint density at radius 2 is 2.24 bits per heavy atom. The molecule has 1 heterocycles. The molecule has 7 heteroatoms. The third kappa shape index (κ3) is 4.23. The number of hydrogen-bond acceptors (Lipinski definition) is 4. The van der Waals surface area contributed by atoms with Gasteiger partial charge in [0.1, 0.15) is 0 Å². The second-order valence-corrected chi connectivity index (χ2v) is 7.29. The zero-order chi connectivity index (χ0) is 15.4. The van der Waals surface area contributed by atoms with E-state index in [2.05, 4.69) is 40.3 Å². The maximum atomic E-state index is 6.01. The molecule has 0 bridgehead atoms. The Labute approximate surface area is 142 Å². The number of nitrogens with two attached hydrogens (primary N) is 1. The molecule has 0 saturated heterocycles. The predicted molar refractivity (Wildman–Crippen MR) is 92.6 cm³/mol. The molecule has 0 saturated carbocycles. The molecule has 1 unspecified atom stereocenters. The van der Waals surface area contributed by atoms with Crippen molar-refractivity contribution >= 4 is 39.3 Å². The van der Waals surface area contributed by atoms with Crippen molar-refractivity contribution in [3.05, 3.63) is 45.7 Å². The van der Waals surface area contributed by atoms with Crippen LogP contribution in [0.5, 0.6) is 0 Å². The van der Waals surface area contributed by atoms with E-state index in [4.69, 9.17) is 17.4 Å². The van der Waals surface area contributed by atoms with Crippen LogP contribution in [0, 0.1) is 0 Å². The van der Waals surface area contributed by atoms with Crippen LogP contribution in [0.4, 0.5) is 0 Å². The Morgan fingerprint density at radius 1 is 1.48 bits per heavy atom. The summed E-state index contributed by atoms with van der Waals surface area (Å²) < 4.78 is 2.94. The summed E-state index contributed by atoms with van der Waals surface area (Å²) in [6, 6.07) is 8.08. The number of benzene rings is 1. The highest BCUT2D eigenvalue weighted by Gasteiger charge is 2.20. The summed E-state index contributed by atoms with van der Waals surface area (Å²) in [5, 5.41) is 5.14. The van der Waals surface area contributed by atoms with Crippen molar-refractivity contribution in [1.29, 1.82) is 0 Å². The van der Waals surface area contributed by atoms with E-state index in [1.807, 2.05) is 35.1 Å². The molecular formula is C14H18BrClN4S. The van der Waals surface area contributed by atoms with Crippen molar-refractivity contribution in [2.45, 2.75) is 30.8 Å². The lowest BCUT2D eigenvalue weighted by Gasteiger charge is -2.20. The topological polar surface area (TPSA) is 55.9 Å². The molecule has 1 atom stereocenters. The van der Waals surface area contributed by atoms with Crippen LogP contribution < -0.4 is 11.3 Å². The van der Waals surface area contributed by atoms with E-state index >= 15 is 0 Å². The maximum absolute atomic E-state index is 6.01. The van der Waals surface area contributed by atoms with E-state index in [0.717, 1.165) is 25.8 Å². The quantitative estimate of drug-likeness (QED) is 0.442. The molecule has 2 rings (SSSR count). The van der Waals surface area contributed by atoms with Gasteiger partial charge in [0.05, 0.1) is 22.4 Å². The Hall–Kier alpha value is -0.530. The second kappa shape index (κ2) is 7.65. The molecule has 21 heavy (non-hydrogen) atoms. The first-order valence-corrected chi connectivity index (χ1v) is 8.76. The molecule has 114 valence electrons. The summed E-state index contributed by atoms with van der Waals surface area (Å²) in [6.45, 7) is 4.20. The average Bonchev–Trinajstić information content (AvgIpc) is 2.82. The fourth-order valence-corrected chi connectivity index (χ4v) is 3.83. The Kier molecular flexibility index (Phi) is 6.13. The zero-order valence-electron chi connectivity index (χ0n) is 11.9. The van der Waals surface area contributed by atoms with Crippen molar-refractivity contribution in [3.8, 4) is 0 Å². The van der Waals surface area contributed by atoms with Gasteiger partial charge in [-0.3, -0.25) is 16.0 Å². The van der Waals surface area contributed by atoms with E-state index in [0.29, 0.717) is 0 Å². The van der Waals surface area contributed by atoms with Crippen molar-refractivity contribution in [2.24, 2.45) is 5.84 Å². The van der Waals surface area contributed by atoms with Gasteiger partial charge in [0, 0.05) is 21.7 Å². The van der Waals surface area contributed by atoms with Gasteiger partial charge in [-0.2, -0.15) is 5.10 Å². The molecule has 0 aliphatic heterocycles. The van der Waals surface area contributed by atoms with Crippen LogP contribution in [0.25, 0.3) is 0 Å². The van der Waals surface area contributed by atoms with Gasteiger partial charge < -0.3 is 0 Å². The molecule has 0 radical (unpaired) electrons. The first-order valence-electron chi connectivity index (χ1n) is 6.60. The summed E-state index contributed by atoms with van der Waals surface area (Å²) in [5.74, 6) is 6.53. The number of hydrazine groups is 1. The summed E-state index contributed by atoms with van der Waals surface area (Å²) in [7, 11) is 0. The van der Waals surface area contributed by atoms with Crippen molar-refractivity contribution in [3.63, 3.8) is 0 Å². The standard InChI is InChI=1S/C14H18BrClN4S/c1-9(2)20-14(12(15)7-18-20)13(19-17)8-21-11-5-3-4-10(16)6-11/h3-7,9,13,19H,8,17H2,1-2H3.